The highest BCUT2D eigenvalue weighted by Crippen LogP contribution is 1.88. The topological polar surface area (TPSA) is 78.1 Å². The average molecular weight is 117 g/mol. The third kappa shape index (κ3) is 4.05. The summed E-state index contributed by atoms with van der Waals surface area (Å²) >= 11 is 0. The van der Waals surface area contributed by atoms with Crippen LogP contribution in [0.15, 0.2) is 0 Å². The SMILES string of the molecule is NCCCC(N)CN. The second-order valence-electron chi connectivity index (χ2n) is 1.93. The maximum atomic E-state index is 5.48. The number of hydrogen-bond acceptors (Lipinski definition) is 3. The van der Waals surface area contributed by atoms with Gasteiger partial charge in [0.25, 0.3) is 0 Å². The average Bonchev–Trinajstić information content (AvgIpc) is 1.83. The molecule has 3 heteroatoms. The largest absolute Gasteiger partial charge is 0.330 e. The second kappa shape index (κ2) is 5.03. The van der Waals surface area contributed by atoms with E-state index in [0.717, 1.165) is 12.8 Å². The van der Waals surface area contributed by atoms with E-state index in [1.165, 1.54) is 0 Å². The first-order valence-corrected chi connectivity index (χ1v) is 2.97. The number of rotatable bonds is 4. The molecule has 0 saturated heterocycles. The van der Waals surface area contributed by atoms with Gasteiger partial charge in [0.05, 0.1) is 0 Å². The van der Waals surface area contributed by atoms with Crippen LogP contribution < -0.4 is 17.2 Å². The van der Waals surface area contributed by atoms with Crippen LogP contribution in [0.3, 0.4) is 0 Å². The minimum absolute atomic E-state index is 0.151. The molecule has 0 fully saturated rings. The summed E-state index contributed by atoms with van der Waals surface area (Å²) in [6, 6.07) is 0.151. The highest BCUT2D eigenvalue weighted by Gasteiger charge is 1.95. The fraction of sp³-hybridized carbons (Fsp3) is 1.00. The van der Waals surface area contributed by atoms with Gasteiger partial charge in [0.15, 0.2) is 0 Å². The zero-order chi connectivity index (χ0) is 6.41. The van der Waals surface area contributed by atoms with Crippen molar-refractivity contribution >= 4 is 0 Å². The van der Waals surface area contributed by atoms with E-state index in [1.54, 1.807) is 0 Å². The van der Waals surface area contributed by atoms with E-state index in [4.69, 9.17) is 17.2 Å². The minimum Gasteiger partial charge on any atom is -0.330 e. The molecule has 0 radical (unpaired) electrons. The Morgan fingerprint density at radius 1 is 1.25 bits per heavy atom. The molecule has 50 valence electrons. The lowest BCUT2D eigenvalue weighted by molar-refractivity contribution is 0.596. The van der Waals surface area contributed by atoms with Gasteiger partial charge in [-0.3, -0.25) is 0 Å². The van der Waals surface area contributed by atoms with Crippen molar-refractivity contribution in [2.45, 2.75) is 18.9 Å². The van der Waals surface area contributed by atoms with Gasteiger partial charge < -0.3 is 17.2 Å². The molecule has 0 aliphatic rings. The Balaban J connectivity index is 2.86. The Morgan fingerprint density at radius 2 is 1.88 bits per heavy atom. The standard InChI is InChI=1S/C5H15N3/c6-3-1-2-5(8)4-7/h5H,1-4,6-8H2. The fourth-order valence-corrected chi connectivity index (χ4v) is 0.498. The van der Waals surface area contributed by atoms with Gasteiger partial charge >= 0.3 is 0 Å². The molecule has 1 unspecified atom stereocenters. The first-order valence-electron chi connectivity index (χ1n) is 2.97. The van der Waals surface area contributed by atoms with Gasteiger partial charge in [0, 0.05) is 12.6 Å². The van der Waals surface area contributed by atoms with Gasteiger partial charge in [-0.15, -0.1) is 0 Å². The summed E-state index contributed by atoms with van der Waals surface area (Å²) < 4.78 is 0. The predicted molar refractivity (Wildman–Crippen MR) is 35.3 cm³/mol. The van der Waals surface area contributed by atoms with E-state index >= 15 is 0 Å². The molecular weight excluding hydrogens is 102 g/mol. The highest BCUT2D eigenvalue weighted by atomic mass is 14.7. The lowest BCUT2D eigenvalue weighted by Crippen LogP contribution is -2.29. The van der Waals surface area contributed by atoms with Crippen molar-refractivity contribution in [3.8, 4) is 0 Å². The summed E-state index contributed by atoms with van der Waals surface area (Å²) in [5.74, 6) is 0. The molecule has 8 heavy (non-hydrogen) atoms. The molecule has 6 N–H and O–H groups in total. The zero-order valence-corrected chi connectivity index (χ0v) is 5.14. The summed E-state index contributed by atoms with van der Waals surface area (Å²) in [4.78, 5) is 0. The fourth-order valence-electron chi connectivity index (χ4n) is 0.498. The van der Waals surface area contributed by atoms with Crippen LogP contribution in [0.1, 0.15) is 12.8 Å². The first-order chi connectivity index (χ1) is 3.81. The van der Waals surface area contributed by atoms with Crippen LogP contribution in [0.5, 0.6) is 0 Å². The van der Waals surface area contributed by atoms with Gasteiger partial charge in [-0.1, -0.05) is 0 Å². The van der Waals surface area contributed by atoms with Crippen molar-refractivity contribution in [1.29, 1.82) is 0 Å². The molecule has 0 aromatic heterocycles. The van der Waals surface area contributed by atoms with E-state index in [0.29, 0.717) is 13.1 Å². The Hall–Kier alpha value is -0.120. The zero-order valence-electron chi connectivity index (χ0n) is 5.14. The van der Waals surface area contributed by atoms with Crippen molar-refractivity contribution in [3.05, 3.63) is 0 Å². The van der Waals surface area contributed by atoms with Crippen LogP contribution in [0.25, 0.3) is 0 Å². The van der Waals surface area contributed by atoms with Crippen molar-refractivity contribution in [2.24, 2.45) is 17.2 Å². The molecule has 0 amide bonds. The lowest BCUT2D eigenvalue weighted by Gasteiger charge is -2.04. The van der Waals surface area contributed by atoms with Gasteiger partial charge in [-0.25, -0.2) is 0 Å². The van der Waals surface area contributed by atoms with Gasteiger partial charge in [0.1, 0.15) is 0 Å². The molecule has 0 aromatic rings. The molecule has 0 aliphatic heterocycles. The van der Waals surface area contributed by atoms with Crippen LogP contribution in [-0.2, 0) is 0 Å². The van der Waals surface area contributed by atoms with Crippen molar-refractivity contribution in [3.63, 3.8) is 0 Å². The monoisotopic (exact) mass is 117 g/mol. The molecule has 0 bridgehead atoms. The van der Waals surface area contributed by atoms with E-state index in [1.807, 2.05) is 0 Å². The Bertz CT molecular complexity index is 46.9. The van der Waals surface area contributed by atoms with Gasteiger partial charge in [-0.2, -0.15) is 0 Å². The minimum atomic E-state index is 0.151. The summed E-state index contributed by atoms with van der Waals surface area (Å²) in [6.45, 7) is 1.29. The van der Waals surface area contributed by atoms with Crippen LogP contribution in [0.2, 0.25) is 0 Å². The Labute approximate surface area is 50.2 Å². The summed E-state index contributed by atoms with van der Waals surface area (Å²) in [7, 11) is 0. The van der Waals surface area contributed by atoms with Gasteiger partial charge in [0.2, 0.25) is 0 Å². The molecule has 0 spiro atoms. The predicted octanol–water partition coefficient (Wildman–Crippen LogP) is -0.989. The normalized spacial score (nSPS) is 13.9. The molecule has 0 heterocycles. The summed E-state index contributed by atoms with van der Waals surface area (Å²) in [5.41, 5.74) is 16.0. The van der Waals surface area contributed by atoms with Crippen molar-refractivity contribution < 1.29 is 0 Å². The Morgan fingerprint density at radius 3 is 2.25 bits per heavy atom. The quantitative estimate of drug-likeness (QED) is 0.442. The van der Waals surface area contributed by atoms with Crippen LogP contribution >= 0.6 is 0 Å². The molecule has 0 aliphatic carbocycles. The second-order valence-corrected chi connectivity index (χ2v) is 1.93. The molecule has 0 rings (SSSR count). The van der Waals surface area contributed by atoms with Crippen LogP contribution in [0.4, 0.5) is 0 Å². The number of nitrogens with two attached hydrogens (primary N) is 3. The van der Waals surface area contributed by atoms with Gasteiger partial charge in [-0.05, 0) is 19.4 Å². The van der Waals surface area contributed by atoms with Crippen molar-refractivity contribution in [2.75, 3.05) is 13.1 Å². The van der Waals surface area contributed by atoms with E-state index in [9.17, 15) is 0 Å². The third-order valence-corrected chi connectivity index (χ3v) is 1.08. The molecule has 0 aromatic carbocycles. The molecule has 3 nitrogen and oxygen atoms in total. The summed E-state index contributed by atoms with van der Waals surface area (Å²) in [5, 5.41) is 0. The van der Waals surface area contributed by atoms with E-state index in [2.05, 4.69) is 0 Å². The lowest BCUT2D eigenvalue weighted by atomic mass is 10.2. The maximum Gasteiger partial charge on any atom is 0.0163 e. The van der Waals surface area contributed by atoms with Crippen LogP contribution in [0, 0.1) is 0 Å². The molecular formula is C5H15N3. The number of hydrogen-bond donors (Lipinski definition) is 3. The Kier molecular flexibility index (Phi) is 4.95. The van der Waals surface area contributed by atoms with Crippen molar-refractivity contribution in [1.82, 2.24) is 0 Å². The van der Waals surface area contributed by atoms with Crippen LogP contribution in [-0.4, -0.2) is 19.1 Å². The molecule has 0 saturated carbocycles. The van der Waals surface area contributed by atoms with E-state index < -0.39 is 0 Å². The maximum absolute atomic E-state index is 5.48. The summed E-state index contributed by atoms with van der Waals surface area (Å²) in [6.07, 6.45) is 1.94. The first kappa shape index (κ1) is 7.88. The van der Waals surface area contributed by atoms with E-state index in [-0.39, 0.29) is 6.04 Å². The highest BCUT2D eigenvalue weighted by molar-refractivity contribution is 4.60. The molecule has 1 atom stereocenters. The third-order valence-electron chi connectivity index (χ3n) is 1.08. The smallest absolute Gasteiger partial charge is 0.0163 e.